The maximum Gasteiger partial charge on any atom is 0.329 e. The van der Waals surface area contributed by atoms with E-state index in [1.54, 1.807) is 6.07 Å². The van der Waals surface area contributed by atoms with Gasteiger partial charge in [-0.25, -0.2) is 9.10 Å². The summed E-state index contributed by atoms with van der Waals surface area (Å²) in [5.41, 5.74) is 6.79. The molecule has 1 aromatic rings. The van der Waals surface area contributed by atoms with Gasteiger partial charge in [-0.2, -0.15) is 0 Å². The topological polar surface area (TPSA) is 84.7 Å². The maximum absolute atomic E-state index is 11.5. The molecular weight excluding hydrogens is 242 g/mol. The van der Waals surface area contributed by atoms with Gasteiger partial charge in [0.1, 0.15) is 5.75 Å². The molecule has 0 atom stereocenters. The molecule has 0 fully saturated rings. The molecule has 90 valence electrons. The molecular formula is C10H11N3O3S. The van der Waals surface area contributed by atoms with Crippen molar-refractivity contribution in [1.82, 2.24) is 5.32 Å². The van der Waals surface area contributed by atoms with E-state index in [2.05, 4.69) is 18.1 Å². The van der Waals surface area contributed by atoms with Crippen LogP contribution in [-0.2, 0) is 6.54 Å². The lowest BCUT2D eigenvalue weighted by Crippen LogP contribution is -2.27. The number of hydrogen-bond donors (Lipinski definition) is 3. The predicted octanol–water partition coefficient (Wildman–Crippen LogP) is 0.669. The summed E-state index contributed by atoms with van der Waals surface area (Å²) in [5.74, 6) is 0.254. The van der Waals surface area contributed by atoms with Gasteiger partial charge in [0.2, 0.25) is 0 Å². The summed E-state index contributed by atoms with van der Waals surface area (Å²) < 4.78 is 6.07. The smallest absolute Gasteiger partial charge is 0.329 e. The third-order valence-corrected chi connectivity index (χ3v) is 2.94. The van der Waals surface area contributed by atoms with E-state index < -0.39 is 6.03 Å². The highest BCUT2D eigenvalue weighted by Gasteiger charge is 2.24. The third-order valence-electron chi connectivity index (χ3n) is 2.53. The fraction of sp³-hybridized carbons (Fsp3) is 0.200. The minimum absolute atomic E-state index is 0.185. The first-order chi connectivity index (χ1) is 8.04. The zero-order valence-corrected chi connectivity index (χ0v) is 9.95. The molecule has 1 heterocycles. The van der Waals surface area contributed by atoms with Crippen LogP contribution < -0.4 is 20.1 Å². The lowest BCUT2D eigenvalue weighted by molar-refractivity contribution is 0.0965. The van der Waals surface area contributed by atoms with E-state index in [-0.39, 0.29) is 5.91 Å². The van der Waals surface area contributed by atoms with Gasteiger partial charge in [0.15, 0.2) is 0 Å². The maximum atomic E-state index is 11.5. The average Bonchev–Trinajstić information content (AvgIpc) is 2.68. The van der Waals surface area contributed by atoms with Crippen molar-refractivity contribution in [2.45, 2.75) is 6.54 Å². The number of carbonyl (C=O) groups excluding carboxylic acids is 2. The quantitative estimate of drug-likeness (QED) is 0.677. The molecule has 0 aromatic heterocycles. The van der Waals surface area contributed by atoms with Crippen LogP contribution in [0, 0.1) is 0 Å². The molecule has 0 aliphatic carbocycles. The number of amides is 3. The van der Waals surface area contributed by atoms with E-state index in [1.807, 2.05) is 0 Å². The van der Waals surface area contributed by atoms with Crippen LogP contribution in [0.4, 0.5) is 10.5 Å². The highest BCUT2D eigenvalue weighted by molar-refractivity contribution is 7.82. The largest absolute Gasteiger partial charge is 0.495 e. The van der Waals surface area contributed by atoms with Gasteiger partial charge < -0.3 is 15.8 Å². The fourth-order valence-electron chi connectivity index (χ4n) is 1.69. The Hall–Kier alpha value is -1.89. The Labute approximate surface area is 103 Å². The van der Waals surface area contributed by atoms with Crippen molar-refractivity contribution in [2.24, 2.45) is 5.73 Å². The Morgan fingerprint density at radius 3 is 2.88 bits per heavy atom. The highest BCUT2D eigenvalue weighted by atomic mass is 32.1. The van der Waals surface area contributed by atoms with Crippen LogP contribution in [0.15, 0.2) is 12.1 Å². The van der Waals surface area contributed by atoms with Gasteiger partial charge >= 0.3 is 6.03 Å². The second-order valence-electron chi connectivity index (χ2n) is 3.51. The van der Waals surface area contributed by atoms with Gasteiger partial charge in [-0.05, 0) is 17.7 Å². The zero-order valence-electron chi connectivity index (χ0n) is 9.06. The first-order valence-electron chi connectivity index (χ1n) is 4.82. The van der Waals surface area contributed by atoms with Crippen LogP contribution >= 0.6 is 12.8 Å². The first-order valence-corrected chi connectivity index (χ1v) is 5.22. The zero-order chi connectivity index (χ0) is 12.6. The number of ether oxygens (including phenoxy) is 1. The van der Waals surface area contributed by atoms with Gasteiger partial charge in [0.25, 0.3) is 5.91 Å². The van der Waals surface area contributed by atoms with Crippen LogP contribution in [-0.4, -0.2) is 19.0 Å². The molecule has 17 heavy (non-hydrogen) atoms. The van der Waals surface area contributed by atoms with E-state index >= 15 is 0 Å². The number of fused-ring (bicyclic) bond motifs is 1. The Morgan fingerprint density at radius 1 is 1.59 bits per heavy atom. The molecule has 0 saturated heterocycles. The fourth-order valence-corrected chi connectivity index (χ4v) is 1.84. The molecule has 0 saturated carbocycles. The summed E-state index contributed by atoms with van der Waals surface area (Å²) in [5, 5.41) is 2.68. The van der Waals surface area contributed by atoms with Crippen molar-refractivity contribution in [3.8, 4) is 5.75 Å². The number of hydrogen-bond acceptors (Lipinski definition) is 4. The van der Waals surface area contributed by atoms with E-state index in [1.165, 1.54) is 13.2 Å². The number of anilines is 1. The van der Waals surface area contributed by atoms with Crippen LogP contribution in [0.3, 0.4) is 0 Å². The number of primary amides is 1. The van der Waals surface area contributed by atoms with Crippen LogP contribution in [0.1, 0.15) is 15.9 Å². The number of methoxy groups -OCH3 is 1. The number of nitrogens with two attached hydrogens (primary N) is 1. The molecule has 1 aromatic carbocycles. The van der Waals surface area contributed by atoms with Crippen molar-refractivity contribution in [2.75, 3.05) is 11.4 Å². The molecule has 0 spiro atoms. The molecule has 0 radical (unpaired) electrons. The molecule has 6 nitrogen and oxygen atoms in total. The Morgan fingerprint density at radius 2 is 2.29 bits per heavy atom. The molecule has 3 N–H and O–H groups in total. The Balaban J connectivity index is 2.55. The predicted molar refractivity (Wildman–Crippen MR) is 65.2 cm³/mol. The molecule has 0 bridgehead atoms. The van der Waals surface area contributed by atoms with Gasteiger partial charge in [-0.15, -0.1) is 0 Å². The van der Waals surface area contributed by atoms with E-state index in [0.717, 1.165) is 9.87 Å². The summed E-state index contributed by atoms with van der Waals surface area (Å²) in [7, 11) is 1.47. The Bertz CT molecular complexity index is 504. The van der Waals surface area contributed by atoms with Gasteiger partial charge in [0.05, 0.1) is 12.8 Å². The normalized spacial score (nSPS) is 12.9. The summed E-state index contributed by atoms with van der Waals surface area (Å²) >= 11 is 3.96. The summed E-state index contributed by atoms with van der Waals surface area (Å²) in [4.78, 5) is 22.6. The number of carbonyl (C=O) groups is 2. The van der Waals surface area contributed by atoms with Crippen molar-refractivity contribution in [3.63, 3.8) is 0 Å². The van der Waals surface area contributed by atoms with Crippen molar-refractivity contribution < 1.29 is 14.3 Å². The Kier molecular flexibility index (Phi) is 2.84. The number of rotatable bonds is 2. The number of nitrogens with one attached hydrogen (secondary N) is 1. The average molecular weight is 253 g/mol. The van der Waals surface area contributed by atoms with Crippen molar-refractivity contribution >= 4 is 30.4 Å². The van der Waals surface area contributed by atoms with Crippen molar-refractivity contribution in [3.05, 3.63) is 23.3 Å². The van der Waals surface area contributed by atoms with E-state index in [0.29, 0.717) is 23.5 Å². The highest BCUT2D eigenvalue weighted by Crippen LogP contribution is 2.34. The number of thiol groups is 1. The van der Waals surface area contributed by atoms with Gasteiger partial charge in [-0.1, -0.05) is 12.8 Å². The summed E-state index contributed by atoms with van der Waals surface area (Å²) in [6.07, 6.45) is 0. The van der Waals surface area contributed by atoms with Crippen LogP contribution in [0.25, 0.3) is 0 Å². The molecule has 2 rings (SSSR count). The molecule has 1 aliphatic rings. The van der Waals surface area contributed by atoms with Gasteiger partial charge in [-0.3, -0.25) is 4.79 Å². The molecule has 1 aliphatic heterocycles. The molecule has 3 amide bonds. The SMILES string of the molecule is COc1cc2c(cc1N(S)C(N)=O)C(=O)NC2. The monoisotopic (exact) mass is 253 g/mol. The van der Waals surface area contributed by atoms with Crippen molar-refractivity contribution in [1.29, 1.82) is 0 Å². The third kappa shape index (κ3) is 1.89. The minimum Gasteiger partial charge on any atom is -0.495 e. The number of nitrogens with zero attached hydrogens (tertiary/aromatic N) is 1. The molecule has 0 unspecified atom stereocenters. The number of urea groups is 1. The standard InChI is InChI=1S/C10H11N3O3S/c1-16-8-2-5-4-12-9(14)6(5)3-7(8)13(17)10(11)15/h2-3,17H,4H2,1H3,(H2,11,15)(H,12,14). The lowest BCUT2D eigenvalue weighted by Gasteiger charge is -2.17. The van der Waals surface area contributed by atoms with Gasteiger partial charge in [0, 0.05) is 12.1 Å². The summed E-state index contributed by atoms with van der Waals surface area (Å²) in [6.45, 7) is 0.452. The summed E-state index contributed by atoms with van der Waals surface area (Å²) in [6, 6.07) is 2.48. The van der Waals surface area contributed by atoms with E-state index in [4.69, 9.17) is 10.5 Å². The molecule has 7 heteroatoms. The van der Waals surface area contributed by atoms with E-state index in [9.17, 15) is 9.59 Å². The second-order valence-corrected chi connectivity index (χ2v) is 3.91. The van der Waals surface area contributed by atoms with Crippen LogP contribution in [0.5, 0.6) is 5.75 Å². The second kappa shape index (κ2) is 4.17. The lowest BCUT2D eigenvalue weighted by atomic mass is 10.1. The number of benzene rings is 1. The minimum atomic E-state index is -0.745. The van der Waals surface area contributed by atoms with Crippen LogP contribution in [0.2, 0.25) is 0 Å². The first kappa shape index (κ1) is 11.6.